The highest BCUT2D eigenvalue weighted by atomic mass is 19.4. The zero-order valence-electron chi connectivity index (χ0n) is 15.1. The summed E-state index contributed by atoms with van der Waals surface area (Å²) in [5, 5.41) is 13.3. The lowest BCUT2D eigenvalue weighted by atomic mass is 10.0. The summed E-state index contributed by atoms with van der Waals surface area (Å²) in [7, 11) is 0. The molecule has 0 aromatic heterocycles. The number of piperidine rings is 1. The second-order valence-corrected chi connectivity index (χ2v) is 8.41. The second kappa shape index (κ2) is 6.78. The van der Waals surface area contributed by atoms with Gasteiger partial charge in [-0.25, -0.2) is 0 Å². The van der Waals surface area contributed by atoms with Crippen LogP contribution in [0.3, 0.4) is 0 Å². The molecule has 2 unspecified atom stereocenters. The summed E-state index contributed by atoms with van der Waals surface area (Å²) in [6.07, 6.45) is -0.482. The average Bonchev–Trinajstić information content (AvgIpc) is 2.95. The van der Waals surface area contributed by atoms with Crippen molar-refractivity contribution in [2.24, 2.45) is 17.8 Å². The van der Waals surface area contributed by atoms with Crippen LogP contribution in [0.5, 0.6) is 0 Å². The molecule has 3 aliphatic rings. The third-order valence-electron chi connectivity index (χ3n) is 6.45. The van der Waals surface area contributed by atoms with Gasteiger partial charge in [-0.3, -0.25) is 9.69 Å². The lowest BCUT2D eigenvalue weighted by Crippen LogP contribution is -2.41. The SMILES string of the molecule is O=C(NCC1C2CN(CC3(O)CCCC3)CC12)c1cccc(C(F)(F)F)c1. The van der Waals surface area contributed by atoms with Crippen LogP contribution in [0.1, 0.15) is 41.6 Å². The maximum absolute atomic E-state index is 12.8. The van der Waals surface area contributed by atoms with Crippen molar-refractivity contribution in [3.8, 4) is 0 Å². The number of hydrogen-bond acceptors (Lipinski definition) is 3. The summed E-state index contributed by atoms with van der Waals surface area (Å²) in [6, 6.07) is 4.53. The predicted molar refractivity (Wildman–Crippen MR) is 94.1 cm³/mol. The van der Waals surface area contributed by atoms with E-state index in [-0.39, 0.29) is 5.56 Å². The minimum Gasteiger partial charge on any atom is -0.389 e. The lowest BCUT2D eigenvalue weighted by molar-refractivity contribution is -0.137. The molecule has 3 fully saturated rings. The Morgan fingerprint density at radius 3 is 2.52 bits per heavy atom. The summed E-state index contributed by atoms with van der Waals surface area (Å²) < 4.78 is 38.3. The monoisotopic (exact) mass is 382 g/mol. The number of amides is 1. The van der Waals surface area contributed by atoms with Crippen LogP contribution in [0, 0.1) is 17.8 Å². The predicted octanol–water partition coefficient (Wildman–Crippen LogP) is 2.92. The molecule has 27 heavy (non-hydrogen) atoms. The number of hydrogen-bond donors (Lipinski definition) is 2. The van der Waals surface area contributed by atoms with Gasteiger partial charge in [0, 0.05) is 31.7 Å². The van der Waals surface area contributed by atoms with Crippen molar-refractivity contribution in [2.75, 3.05) is 26.2 Å². The molecule has 0 radical (unpaired) electrons. The molecule has 1 saturated heterocycles. The van der Waals surface area contributed by atoms with E-state index in [1.54, 1.807) is 0 Å². The van der Waals surface area contributed by atoms with Crippen molar-refractivity contribution in [1.82, 2.24) is 10.2 Å². The maximum Gasteiger partial charge on any atom is 0.416 e. The number of nitrogens with one attached hydrogen (secondary N) is 1. The molecule has 1 aromatic carbocycles. The molecule has 1 heterocycles. The van der Waals surface area contributed by atoms with Crippen LogP contribution in [-0.4, -0.2) is 47.7 Å². The van der Waals surface area contributed by atoms with Gasteiger partial charge in [-0.1, -0.05) is 18.9 Å². The number of nitrogens with zero attached hydrogens (tertiary/aromatic N) is 1. The molecule has 2 saturated carbocycles. The third-order valence-corrected chi connectivity index (χ3v) is 6.45. The molecule has 7 heteroatoms. The van der Waals surface area contributed by atoms with Crippen molar-refractivity contribution < 1.29 is 23.1 Å². The van der Waals surface area contributed by atoms with E-state index in [2.05, 4.69) is 10.2 Å². The van der Waals surface area contributed by atoms with E-state index in [0.717, 1.165) is 57.5 Å². The van der Waals surface area contributed by atoms with E-state index in [1.165, 1.54) is 12.1 Å². The number of carbonyl (C=O) groups excluding carboxylic acids is 1. The van der Waals surface area contributed by atoms with Gasteiger partial charge >= 0.3 is 6.18 Å². The number of fused-ring (bicyclic) bond motifs is 1. The zero-order chi connectivity index (χ0) is 19.2. The first-order valence-electron chi connectivity index (χ1n) is 9.65. The Kier molecular flexibility index (Phi) is 4.71. The summed E-state index contributed by atoms with van der Waals surface area (Å²) in [6.45, 7) is 3.12. The Morgan fingerprint density at radius 2 is 1.89 bits per heavy atom. The van der Waals surface area contributed by atoms with Gasteiger partial charge in [0.25, 0.3) is 5.91 Å². The molecule has 2 N–H and O–H groups in total. The average molecular weight is 382 g/mol. The smallest absolute Gasteiger partial charge is 0.389 e. The van der Waals surface area contributed by atoms with Gasteiger partial charge in [0.15, 0.2) is 0 Å². The van der Waals surface area contributed by atoms with Gasteiger partial charge in [0.05, 0.1) is 11.2 Å². The van der Waals surface area contributed by atoms with Crippen LogP contribution in [0.2, 0.25) is 0 Å². The summed E-state index contributed by atoms with van der Waals surface area (Å²) >= 11 is 0. The van der Waals surface area contributed by atoms with Gasteiger partial charge in [-0.15, -0.1) is 0 Å². The van der Waals surface area contributed by atoms with Gasteiger partial charge in [0.2, 0.25) is 0 Å². The van der Waals surface area contributed by atoms with E-state index in [4.69, 9.17) is 0 Å². The molecule has 4 rings (SSSR count). The quantitative estimate of drug-likeness (QED) is 0.823. The molecule has 1 aromatic rings. The molecular weight excluding hydrogens is 357 g/mol. The van der Waals surface area contributed by atoms with Crippen molar-refractivity contribution in [1.29, 1.82) is 0 Å². The van der Waals surface area contributed by atoms with Crippen LogP contribution in [-0.2, 0) is 6.18 Å². The molecule has 0 spiro atoms. The number of halogens is 3. The van der Waals surface area contributed by atoms with Crippen LogP contribution < -0.4 is 5.32 Å². The summed E-state index contributed by atoms with van der Waals surface area (Å²) in [5.41, 5.74) is -1.29. The molecule has 1 amide bonds. The van der Waals surface area contributed by atoms with Crippen LogP contribution >= 0.6 is 0 Å². The number of rotatable bonds is 5. The van der Waals surface area contributed by atoms with Crippen LogP contribution in [0.4, 0.5) is 13.2 Å². The first-order valence-corrected chi connectivity index (χ1v) is 9.65. The van der Waals surface area contributed by atoms with Gasteiger partial charge in [0.1, 0.15) is 0 Å². The Bertz CT molecular complexity index is 703. The third kappa shape index (κ3) is 3.99. The molecule has 0 bridgehead atoms. The second-order valence-electron chi connectivity index (χ2n) is 8.41. The first-order chi connectivity index (χ1) is 12.8. The molecule has 2 atom stereocenters. The lowest BCUT2D eigenvalue weighted by Gasteiger charge is -2.29. The van der Waals surface area contributed by atoms with Crippen molar-refractivity contribution in [3.05, 3.63) is 35.4 Å². The molecule has 148 valence electrons. The minimum absolute atomic E-state index is 0.0423. The number of carbonyl (C=O) groups is 1. The molecular formula is C20H25F3N2O2. The Labute approximate surface area is 156 Å². The number of likely N-dealkylation sites (tertiary alicyclic amines) is 1. The van der Waals surface area contributed by atoms with E-state index in [0.29, 0.717) is 24.3 Å². The fourth-order valence-corrected chi connectivity index (χ4v) is 4.93. The highest BCUT2D eigenvalue weighted by Gasteiger charge is 2.56. The van der Waals surface area contributed by atoms with Gasteiger partial charge in [-0.05, 0) is 48.8 Å². The fraction of sp³-hybridized carbons (Fsp3) is 0.650. The van der Waals surface area contributed by atoms with Crippen molar-refractivity contribution >= 4 is 5.91 Å². The van der Waals surface area contributed by atoms with Crippen LogP contribution in [0.25, 0.3) is 0 Å². The largest absolute Gasteiger partial charge is 0.416 e. The first kappa shape index (κ1) is 18.7. The Hall–Kier alpha value is -1.60. The number of aliphatic hydroxyl groups is 1. The Balaban J connectivity index is 1.24. The fourth-order valence-electron chi connectivity index (χ4n) is 4.93. The van der Waals surface area contributed by atoms with Gasteiger partial charge < -0.3 is 10.4 Å². The number of β-amino-alcohol motifs (C(OH)–C–C–N with tert-alkyl or cyclic N) is 1. The zero-order valence-corrected chi connectivity index (χ0v) is 15.1. The van der Waals surface area contributed by atoms with E-state index < -0.39 is 23.2 Å². The van der Waals surface area contributed by atoms with Gasteiger partial charge in [-0.2, -0.15) is 13.2 Å². The highest BCUT2D eigenvalue weighted by molar-refractivity contribution is 5.94. The summed E-state index contributed by atoms with van der Waals surface area (Å²) in [5.74, 6) is 0.992. The van der Waals surface area contributed by atoms with E-state index in [9.17, 15) is 23.1 Å². The number of benzene rings is 1. The maximum atomic E-state index is 12.8. The van der Waals surface area contributed by atoms with E-state index >= 15 is 0 Å². The van der Waals surface area contributed by atoms with E-state index in [1.807, 2.05) is 0 Å². The van der Waals surface area contributed by atoms with Crippen molar-refractivity contribution in [2.45, 2.75) is 37.5 Å². The standard InChI is InChI=1S/C20H25F3N2O2/c21-20(22,23)14-5-3-4-13(8-14)18(26)24-9-15-16-10-25(11-17(15)16)12-19(27)6-1-2-7-19/h3-5,8,15-17,27H,1-2,6-7,9-12H2,(H,24,26). The minimum atomic E-state index is -4.45. The molecule has 2 aliphatic carbocycles. The normalized spacial score (nSPS) is 29.6. The van der Waals surface area contributed by atoms with Crippen molar-refractivity contribution in [3.63, 3.8) is 0 Å². The molecule has 4 nitrogen and oxygen atoms in total. The molecule has 1 aliphatic heterocycles. The highest BCUT2D eigenvalue weighted by Crippen LogP contribution is 2.51. The topological polar surface area (TPSA) is 52.6 Å². The Morgan fingerprint density at radius 1 is 1.22 bits per heavy atom. The van der Waals surface area contributed by atoms with Crippen LogP contribution in [0.15, 0.2) is 24.3 Å². The summed E-state index contributed by atoms with van der Waals surface area (Å²) in [4.78, 5) is 14.5. The number of alkyl halides is 3.